The van der Waals surface area contributed by atoms with Gasteiger partial charge in [0.15, 0.2) is 0 Å². The van der Waals surface area contributed by atoms with E-state index < -0.39 is 0 Å². The summed E-state index contributed by atoms with van der Waals surface area (Å²) in [6, 6.07) is 6.65. The van der Waals surface area contributed by atoms with Crippen molar-refractivity contribution in [2.75, 3.05) is 26.4 Å². The van der Waals surface area contributed by atoms with Gasteiger partial charge in [-0.3, -0.25) is 0 Å². The highest BCUT2D eigenvalue weighted by atomic mass is 16.5. The third kappa shape index (κ3) is 6.96. The molecule has 0 aliphatic heterocycles. The lowest BCUT2D eigenvalue weighted by Gasteiger charge is -2.18. The molecule has 0 saturated carbocycles. The number of rotatable bonds is 10. The van der Waals surface area contributed by atoms with E-state index in [2.05, 4.69) is 58.1 Å². The van der Waals surface area contributed by atoms with Crippen molar-refractivity contribution in [3.63, 3.8) is 0 Å². The zero-order valence-corrected chi connectivity index (χ0v) is 14.2. The molecule has 0 bridgehead atoms. The van der Waals surface area contributed by atoms with E-state index in [1.807, 2.05) is 0 Å². The third-order valence-electron chi connectivity index (χ3n) is 3.47. The number of nitrogens with one attached hydrogen (secondary N) is 1. The summed E-state index contributed by atoms with van der Waals surface area (Å²) < 4.78 is 11.5. The van der Waals surface area contributed by atoms with Crippen molar-refractivity contribution < 1.29 is 9.47 Å². The highest BCUT2D eigenvalue weighted by Gasteiger charge is 2.11. The van der Waals surface area contributed by atoms with Crippen LogP contribution in [0.3, 0.4) is 0 Å². The summed E-state index contributed by atoms with van der Waals surface area (Å²) in [5, 5.41) is 3.44. The van der Waals surface area contributed by atoms with Crippen LogP contribution in [0.5, 0.6) is 5.75 Å². The van der Waals surface area contributed by atoms with Crippen molar-refractivity contribution in [3.05, 3.63) is 29.3 Å². The predicted molar refractivity (Wildman–Crippen MR) is 89.0 cm³/mol. The lowest BCUT2D eigenvalue weighted by Crippen LogP contribution is -2.19. The lowest BCUT2D eigenvalue weighted by atomic mass is 10.0. The second-order valence-electron chi connectivity index (χ2n) is 5.96. The fourth-order valence-corrected chi connectivity index (χ4v) is 2.19. The van der Waals surface area contributed by atoms with Gasteiger partial charge in [0.1, 0.15) is 12.4 Å². The largest absolute Gasteiger partial charge is 0.491 e. The van der Waals surface area contributed by atoms with E-state index in [0.29, 0.717) is 25.2 Å². The van der Waals surface area contributed by atoms with Crippen LogP contribution in [0.1, 0.15) is 51.3 Å². The van der Waals surface area contributed by atoms with E-state index in [9.17, 15) is 0 Å². The van der Waals surface area contributed by atoms with Crippen LogP contribution < -0.4 is 10.1 Å². The fraction of sp³-hybridized carbons (Fsp3) is 0.667. The Bertz CT molecular complexity index is 404. The minimum atomic E-state index is 0.298. The maximum atomic E-state index is 5.90. The second-order valence-corrected chi connectivity index (χ2v) is 5.96. The topological polar surface area (TPSA) is 30.5 Å². The van der Waals surface area contributed by atoms with E-state index in [1.54, 1.807) is 0 Å². The molecule has 1 unspecified atom stereocenters. The minimum absolute atomic E-state index is 0.298. The van der Waals surface area contributed by atoms with Gasteiger partial charge in [-0.1, -0.05) is 38.5 Å². The molecule has 21 heavy (non-hydrogen) atoms. The molecule has 0 fully saturated rings. The highest BCUT2D eigenvalue weighted by Crippen LogP contribution is 2.26. The van der Waals surface area contributed by atoms with Gasteiger partial charge in [-0.05, 0) is 38.8 Å². The van der Waals surface area contributed by atoms with E-state index in [-0.39, 0.29) is 0 Å². The first kappa shape index (κ1) is 18.0. The molecule has 0 saturated heterocycles. The third-order valence-corrected chi connectivity index (χ3v) is 3.47. The van der Waals surface area contributed by atoms with Crippen LogP contribution in [-0.4, -0.2) is 26.4 Å². The van der Waals surface area contributed by atoms with Crippen LogP contribution in [0.25, 0.3) is 0 Å². The second kappa shape index (κ2) is 9.80. The first-order valence-corrected chi connectivity index (χ1v) is 8.09. The molecule has 1 aromatic carbocycles. The van der Waals surface area contributed by atoms with Crippen molar-refractivity contribution in [1.82, 2.24) is 5.32 Å². The fourth-order valence-electron chi connectivity index (χ4n) is 2.19. The molecule has 0 aliphatic carbocycles. The Morgan fingerprint density at radius 1 is 1.10 bits per heavy atom. The van der Waals surface area contributed by atoms with Gasteiger partial charge in [0, 0.05) is 18.2 Å². The first-order valence-electron chi connectivity index (χ1n) is 8.09. The monoisotopic (exact) mass is 293 g/mol. The molecule has 0 heterocycles. The Labute approximate surface area is 130 Å². The zero-order valence-electron chi connectivity index (χ0n) is 14.2. The average molecular weight is 293 g/mol. The molecule has 0 aliphatic rings. The summed E-state index contributed by atoms with van der Waals surface area (Å²) in [4.78, 5) is 0. The van der Waals surface area contributed by atoms with Gasteiger partial charge in [0.25, 0.3) is 0 Å². The summed E-state index contributed by atoms with van der Waals surface area (Å²) >= 11 is 0. The molecule has 0 aromatic heterocycles. The van der Waals surface area contributed by atoms with Gasteiger partial charge in [0.2, 0.25) is 0 Å². The summed E-state index contributed by atoms with van der Waals surface area (Å²) in [5.74, 6) is 1.65. The molecule has 0 spiro atoms. The molecule has 3 heteroatoms. The molecule has 0 amide bonds. The Kier molecular flexibility index (Phi) is 8.40. The molecule has 1 atom stereocenters. The quantitative estimate of drug-likeness (QED) is 0.659. The Morgan fingerprint density at radius 3 is 2.52 bits per heavy atom. The van der Waals surface area contributed by atoms with Crippen LogP contribution in [0.2, 0.25) is 0 Å². The number of benzene rings is 1. The summed E-state index contributed by atoms with van der Waals surface area (Å²) in [6.07, 6.45) is 1.10. The summed E-state index contributed by atoms with van der Waals surface area (Å²) in [6.45, 7) is 13.8. The molecule has 1 N–H and O–H groups in total. The van der Waals surface area contributed by atoms with E-state index in [4.69, 9.17) is 9.47 Å². The van der Waals surface area contributed by atoms with E-state index in [1.165, 1.54) is 11.1 Å². The van der Waals surface area contributed by atoms with Crippen LogP contribution in [0.4, 0.5) is 0 Å². The molecule has 1 aromatic rings. The number of hydrogen-bond donors (Lipinski definition) is 1. The first-order chi connectivity index (χ1) is 10.0. The smallest absolute Gasteiger partial charge is 0.124 e. The van der Waals surface area contributed by atoms with Crippen molar-refractivity contribution in [2.24, 2.45) is 5.92 Å². The van der Waals surface area contributed by atoms with Crippen LogP contribution >= 0.6 is 0 Å². The zero-order chi connectivity index (χ0) is 15.7. The van der Waals surface area contributed by atoms with Crippen molar-refractivity contribution in [1.29, 1.82) is 0 Å². The van der Waals surface area contributed by atoms with E-state index in [0.717, 1.165) is 25.3 Å². The van der Waals surface area contributed by atoms with Gasteiger partial charge >= 0.3 is 0 Å². The number of aryl methyl sites for hydroxylation is 1. The SMILES string of the molecule is CCNC(C)c1cc(C)ccc1OCCOCCC(C)C. The van der Waals surface area contributed by atoms with Crippen molar-refractivity contribution in [2.45, 2.75) is 47.1 Å². The van der Waals surface area contributed by atoms with Crippen LogP contribution in [-0.2, 0) is 4.74 Å². The number of hydrogen-bond acceptors (Lipinski definition) is 3. The molecular weight excluding hydrogens is 262 g/mol. The van der Waals surface area contributed by atoms with Gasteiger partial charge in [-0.15, -0.1) is 0 Å². The molecule has 3 nitrogen and oxygen atoms in total. The van der Waals surface area contributed by atoms with Crippen LogP contribution in [0.15, 0.2) is 18.2 Å². The summed E-state index contributed by atoms with van der Waals surface area (Å²) in [7, 11) is 0. The maximum absolute atomic E-state index is 5.90. The highest BCUT2D eigenvalue weighted by molar-refractivity contribution is 5.38. The average Bonchev–Trinajstić information content (AvgIpc) is 2.43. The maximum Gasteiger partial charge on any atom is 0.124 e. The van der Waals surface area contributed by atoms with Gasteiger partial charge < -0.3 is 14.8 Å². The summed E-state index contributed by atoms with van der Waals surface area (Å²) in [5.41, 5.74) is 2.48. The van der Waals surface area contributed by atoms with Gasteiger partial charge in [-0.2, -0.15) is 0 Å². The molecule has 120 valence electrons. The minimum Gasteiger partial charge on any atom is -0.491 e. The van der Waals surface area contributed by atoms with E-state index >= 15 is 0 Å². The lowest BCUT2D eigenvalue weighted by molar-refractivity contribution is 0.0921. The van der Waals surface area contributed by atoms with Crippen molar-refractivity contribution in [3.8, 4) is 5.75 Å². The predicted octanol–water partition coefficient (Wildman–Crippen LogP) is 4.11. The Morgan fingerprint density at radius 2 is 1.86 bits per heavy atom. The van der Waals surface area contributed by atoms with Crippen LogP contribution in [0, 0.1) is 12.8 Å². The standard InChI is InChI=1S/C18H31NO2/c1-6-19-16(5)17-13-15(4)7-8-18(17)21-12-11-20-10-9-14(2)3/h7-8,13-14,16,19H,6,9-12H2,1-5H3. The molecule has 1 rings (SSSR count). The van der Waals surface area contributed by atoms with Gasteiger partial charge in [0.05, 0.1) is 6.61 Å². The van der Waals surface area contributed by atoms with Gasteiger partial charge in [-0.25, -0.2) is 0 Å². The number of ether oxygens (including phenoxy) is 2. The Hall–Kier alpha value is -1.06. The molecular formula is C18H31NO2. The molecule has 0 radical (unpaired) electrons. The van der Waals surface area contributed by atoms with Crippen molar-refractivity contribution >= 4 is 0 Å². The normalized spacial score (nSPS) is 12.7. The Balaban J connectivity index is 2.46.